The average Bonchev–Trinajstić information content (AvgIpc) is 2.94. The molecule has 6 heteroatoms. The monoisotopic (exact) mass is 359 g/mol. The van der Waals surface area contributed by atoms with Crippen LogP contribution in [-0.2, 0) is 9.59 Å². The van der Waals surface area contributed by atoms with Gasteiger partial charge >= 0.3 is 5.97 Å². The highest BCUT2D eigenvalue weighted by atomic mass is 16.5. The number of amides is 1. The van der Waals surface area contributed by atoms with Crippen molar-refractivity contribution in [1.29, 1.82) is 0 Å². The van der Waals surface area contributed by atoms with Crippen molar-refractivity contribution in [2.45, 2.75) is 46.6 Å². The molecule has 1 aromatic heterocycles. The molecule has 1 heterocycles. The molecule has 0 aliphatic carbocycles. The quantitative estimate of drug-likeness (QED) is 0.698. The van der Waals surface area contributed by atoms with E-state index in [0.717, 1.165) is 22.1 Å². The second-order valence-corrected chi connectivity index (χ2v) is 6.21. The topological polar surface area (TPSA) is 88.8 Å². The van der Waals surface area contributed by atoms with Gasteiger partial charge in [-0.25, -0.2) is 4.79 Å². The first-order valence-corrected chi connectivity index (χ1v) is 8.74. The summed E-state index contributed by atoms with van der Waals surface area (Å²) in [6, 6.07) is 2.86. The van der Waals surface area contributed by atoms with Crippen molar-refractivity contribution in [3.63, 3.8) is 0 Å². The third kappa shape index (κ3) is 4.45. The summed E-state index contributed by atoms with van der Waals surface area (Å²) < 4.78 is 11.2. The Morgan fingerprint density at radius 3 is 2.69 bits per heavy atom. The van der Waals surface area contributed by atoms with E-state index in [2.05, 4.69) is 5.32 Å². The highest BCUT2D eigenvalue weighted by Gasteiger charge is 2.18. The fourth-order valence-corrected chi connectivity index (χ4v) is 2.80. The van der Waals surface area contributed by atoms with Gasteiger partial charge in [-0.05, 0) is 44.4 Å². The second kappa shape index (κ2) is 8.56. The highest BCUT2D eigenvalue weighted by molar-refractivity contribution is 5.98. The maximum Gasteiger partial charge on any atom is 0.326 e. The maximum absolute atomic E-state index is 12.3. The second-order valence-electron chi connectivity index (χ2n) is 6.21. The number of carboxylic acid groups (broad SMARTS) is 1. The van der Waals surface area contributed by atoms with E-state index in [9.17, 15) is 14.7 Å². The summed E-state index contributed by atoms with van der Waals surface area (Å²) in [5.74, 6) is -0.842. The van der Waals surface area contributed by atoms with Gasteiger partial charge in [-0.2, -0.15) is 0 Å². The minimum atomic E-state index is -1.03. The molecule has 0 radical (unpaired) electrons. The Labute approximate surface area is 152 Å². The molecule has 0 bridgehead atoms. The number of furan rings is 1. The summed E-state index contributed by atoms with van der Waals surface area (Å²) >= 11 is 0. The van der Waals surface area contributed by atoms with Crippen LogP contribution in [0.5, 0.6) is 5.75 Å². The Morgan fingerprint density at radius 2 is 2.08 bits per heavy atom. The summed E-state index contributed by atoms with van der Waals surface area (Å²) in [6.07, 6.45) is 4.14. The molecule has 0 saturated heterocycles. The van der Waals surface area contributed by atoms with Crippen LogP contribution in [0.3, 0.4) is 0 Å². The zero-order valence-electron chi connectivity index (χ0n) is 15.6. The molecule has 26 heavy (non-hydrogen) atoms. The van der Waals surface area contributed by atoms with Gasteiger partial charge in [-0.3, -0.25) is 4.79 Å². The molecule has 0 saturated carbocycles. The van der Waals surface area contributed by atoms with Crippen LogP contribution in [0.15, 0.2) is 28.9 Å². The zero-order valence-corrected chi connectivity index (χ0v) is 15.6. The molecule has 1 unspecified atom stereocenters. The van der Waals surface area contributed by atoms with Crippen molar-refractivity contribution >= 4 is 28.4 Å². The Hall–Kier alpha value is -2.76. The van der Waals surface area contributed by atoms with Gasteiger partial charge < -0.3 is 19.6 Å². The smallest absolute Gasteiger partial charge is 0.326 e. The minimum absolute atomic E-state index is 0.387. The Kier molecular flexibility index (Phi) is 6.44. The van der Waals surface area contributed by atoms with Crippen molar-refractivity contribution in [2.75, 3.05) is 6.61 Å². The SMILES string of the molecule is CCCC(NC(=O)/C=C(\C)c1cc2c(C)coc2cc1OCC)C(=O)O. The van der Waals surface area contributed by atoms with Crippen molar-refractivity contribution in [1.82, 2.24) is 5.32 Å². The van der Waals surface area contributed by atoms with Gasteiger partial charge in [0.25, 0.3) is 0 Å². The molecule has 1 amide bonds. The fourth-order valence-electron chi connectivity index (χ4n) is 2.80. The van der Waals surface area contributed by atoms with Crippen molar-refractivity contribution < 1.29 is 23.8 Å². The molecule has 1 atom stereocenters. The van der Waals surface area contributed by atoms with Gasteiger partial charge in [-0.15, -0.1) is 0 Å². The average molecular weight is 359 g/mol. The first kappa shape index (κ1) is 19.6. The van der Waals surface area contributed by atoms with Gasteiger partial charge in [0.15, 0.2) is 0 Å². The standard InChI is InChI=1S/C20H25NO5/c1-5-7-16(20(23)24)21-19(22)8-12(3)14-9-15-13(4)11-26-18(15)10-17(14)25-6-2/h8-11,16H,5-7H2,1-4H3,(H,21,22)(H,23,24)/b12-8+. The van der Waals surface area contributed by atoms with E-state index in [1.54, 1.807) is 13.2 Å². The number of nitrogens with one attached hydrogen (secondary N) is 1. The number of hydrogen-bond acceptors (Lipinski definition) is 4. The van der Waals surface area contributed by atoms with E-state index in [-0.39, 0.29) is 0 Å². The van der Waals surface area contributed by atoms with E-state index >= 15 is 0 Å². The lowest BCUT2D eigenvalue weighted by atomic mass is 10.0. The zero-order chi connectivity index (χ0) is 19.3. The number of allylic oxidation sites excluding steroid dienone is 1. The van der Waals surface area contributed by atoms with Gasteiger partial charge in [-0.1, -0.05) is 13.3 Å². The first-order valence-electron chi connectivity index (χ1n) is 8.74. The lowest BCUT2D eigenvalue weighted by molar-refractivity contribution is -0.141. The molecule has 2 aromatic rings. The number of aryl methyl sites for hydroxylation is 1. The van der Waals surface area contributed by atoms with E-state index in [4.69, 9.17) is 9.15 Å². The van der Waals surface area contributed by atoms with Gasteiger partial charge in [0.1, 0.15) is 17.4 Å². The molecule has 140 valence electrons. The largest absolute Gasteiger partial charge is 0.493 e. The molecule has 2 rings (SSSR count). The number of fused-ring (bicyclic) bond motifs is 1. The first-order chi connectivity index (χ1) is 12.4. The van der Waals surface area contributed by atoms with E-state index < -0.39 is 17.9 Å². The number of hydrogen-bond donors (Lipinski definition) is 2. The molecule has 1 aromatic carbocycles. The summed E-state index contributed by atoms with van der Waals surface area (Å²) in [4.78, 5) is 23.5. The number of benzene rings is 1. The van der Waals surface area contributed by atoms with Crippen LogP contribution in [0.1, 0.15) is 44.7 Å². The predicted octanol–water partition coefficient (Wildman–Crippen LogP) is 3.91. The third-order valence-corrected chi connectivity index (χ3v) is 4.13. The van der Waals surface area contributed by atoms with Crippen molar-refractivity contribution in [3.05, 3.63) is 35.6 Å². The van der Waals surface area contributed by atoms with Gasteiger partial charge in [0, 0.05) is 23.1 Å². The van der Waals surface area contributed by atoms with Gasteiger partial charge in [0.2, 0.25) is 5.91 Å². The minimum Gasteiger partial charge on any atom is -0.493 e. The molecular formula is C20H25NO5. The molecule has 0 spiro atoms. The Balaban J connectivity index is 2.34. The van der Waals surface area contributed by atoms with Crippen LogP contribution >= 0.6 is 0 Å². The van der Waals surface area contributed by atoms with Crippen LogP contribution in [0.4, 0.5) is 0 Å². The van der Waals surface area contributed by atoms with Crippen LogP contribution in [0, 0.1) is 6.92 Å². The van der Waals surface area contributed by atoms with Gasteiger partial charge in [0.05, 0.1) is 12.9 Å². The molecule has 0 aliphatic rings. The molecule has 0 fully saturated rings. The third-order valence-electron chi connectivity index (χ3n) is 4.13. The lowest BCUT2D eigenvalue weighted by Gasteiger charge is -2.14. The lowest BCUT2D eigenvalue weighted by Crippen LogP contribution is -2.39. The predicted molar refractivity (Wildman–Crippen MR) is 100 cm³/mol. The van der Waals surface area contributed by atoms with Crippen LogP contribution < -0.4 is 10.1 Å². The molecular weight excluding hydrogens is 334 g/mol. The molecule has 6 nitrogen and oxygen atoms in total. The summed E-state index contributed by atoms with van der Waals surface area (Å²) in [5.41, 5.74) is 3.19. The van der Waals surface area contributed by atoms with Crippen LogP contribution in [0.25, 0.3) is 16.5 Å². The van der Waals surface area contributed by atoms with Crippen molar-refractivity contribution in [3.8, 4) is 5.75 Å². The number of carbonyl (C=O) groups is 2. The molecule has 2 N–H and O–H groups in total. The number of carboxylic acids is 1. The van der Waals surface area contributed by atoms with E-state index in [1.807, 2.05) is 32.9 Å². The number of aliphatic carboxylic acids is 1. The highest BCUT2D eigenvalue weighted by Crippen LogP contribution is 2.33. The van der Waals surface area contributed by atoms with E-state index in [1.165, 1.54) is 6.08 Å². The Bertz CT molecular complexity index is 834. The maximum atomic E-state index is 12.3. The number of carbonyl (C=O) groups excluding carboxylic acids is 1. The van der Waals surface area contributed by atoms with E-state index in [0.29, 0.717) is 30.8 Å². The summed E-state index contributed by atoms with van der Waals surface area (Å²) in [7, 11) is 0. The normalized spacial score (nSPS) is 12.8. The Morgan fingerprint density at radius 1 is 1.35 bits per heavy atom. The molecule has 0 aliphatic heterocycles. The number of rotatable bonds is 8. The summed E-state index contributed by atoms with van der Waals surface area (Å²) in [6.45, 7) is 7.99. The van der Waals surface area contributed by atoms with Crippen LogP contribution in [-0.4, -0.2) is 29.6 Å². The number of ether oxygens (including phenoxy) is 1. The van der Waals surface area contributed by atoms with Crippen molar-refractivity contribution in [2.24, 2.45) is 0 Å². The summed E-state index contributed by atoms with van der Waals surface area (Å²) in [5, 5.41) is 12.7. The fraction of sp³-hybridized carbons (Fsp3) is 0.400. The van der Waals surface area contributed by atoms with Crippen LogP contribution in [0.2, 0.25) is 0 Å².